The lowest BCUT2D eigenvalue weighted by Gasteiger charge is -2.29. The van der Waals surface area contributed by atoms with Gasteiger partial charge in [0.1, 0.15) is 0 Å². The molecule has 0 aliphatic rings. The van der Waals surface area contributed by atoms with E-state index in [1.54, 1.807) is 25.3 Å². The summed E-state index contributed by atoms with van der Waals surface area (Å²) >= 11 is 5.87. The third kappa shape index (κ3) is 4.49. The molecule has 0 unspecified atom stereocenters. The summed E-state index contributed by atoms with van der Waals surface area (Å²) < 4.78 is 5.10. The molecule has 0 aliphatic carbocycles. The average Bonchev–Trinajstić information content (AvgIpc) is 2.28. The van der Waals surface area contributed by atoms with Gasteiger partial charge < -0.3 is 15.2 Å². The van der Waals surface area contributed by atoms with Crippen LogP contribution in [0.3, 0.4) is 0 Å². The van der Waals surface area contributed by atoms with E-state index in [4.69, 9.17) is 21.4 Å². The van der Waals surface area contributed by atoms with Crippen LogP contribution in [-0.2, 0) is 4.74 Å². The number of hydrogen-bond donors (Lipinski definition) is 2. The molecule has 0 radical (unpaired) electrons. The highest BCUT2D eigenvalue weighted by Crippen LogP contribution is 2.17. The van der Waals surface area contributed by atoms with Crippen molar-refractivity contribution in [2.45, 2.75) is 25.8 Å². The third-order valence-corrected chi connectivity index (χ3v) is 3.21. The van der Waals surface area contributed by atoms with E-state index in [2.05, 4.69) is 5.32 Å². The summed E-state index contributed by atoms with van der Waals surface area (Å²) in [5.74, 6) is -0.192. The van der Waals surface area contributed by atoms with E-state index < -0.39 is 5.54 Å². The number of amides is 1. The molecule has 106 valence electrons. The van der Waals surface area contributed by atoms with E-state index in [0.29, 0.717) is 23.6 Å². The van der Waals surface area contributed by atoms with Crippen LogP contribution in [-0.4, -0.2) is 36.9 Å². The van der Waals surface area contributed by atoms with Crippen molar-refractivity contribution in [3.63, 3.8) is 0 Å². The van der Waals surface area contributed by atoms with Gasteiger partial charge in [0.2, 0.25) is 0 Å². The number of methoxy groups -OCH3 is 1. The molecule has 4 nitrogen and oxygen atoms in total. The first-order valence-corrected chi connectivity index (χ1v) is 6.48. The Morgan fingerprint density at radius 2 is 2.21 bits per heavy atom. The normalized spacial score (nSPS) is 13.9. The van der Waals surface area contributed by atoms with Crippen molar-refractivity contribution in [2.75, 3.05) is 20.3 Å². The van der Waals surface area contributed by atoms with Crippen LogP contribution in [0.4, 0.5) is 0 Å². The molecule has 1 amide bonds. The Morgan fingerprint density at radius 3 is 2.74 bits per heavy atom. The summed E-state index contributed by atoms with van der Waals surface area (Å²) in [5.41, 5.74) is 0.797. The predicted octanol–water partition coefficient (Wildman–Crippen LogP) is 2.17. The van der Waals surface area contributed by atoms with E-state index in [1.165, 1.54) is 0 Å². The van der Waals surface area contributed by atoms with Crippen LogP contribution in [0.1, 0.15) is 29.3 Å². The number of hydrogen-bond acceptors (Lipinski definition) is 3. The van der Waals surface area contributed by atoms with E-state index >= 15 is 0 Å². The number of carbonyl (C=O) groups excluding carboxylic acids is 1. The number of aliphatic hydroxyl groups is 1. The molecule has 0 aliphatic heterocycles. The molecular formula is C14H20ClNO3. The predicted molar refractivity (Wildman–Crippen MR) is 75.6 cm³/mol. The van der Waals surface area contributed by atoms with E-state index in [-0.39, 0.29) is 12.5 Å². The minimum Gasteiger partial charge on any atom is -0.396 e. The van der Waals surface area contributed by atoms with Crippen LogP contribution < -0.4 is 5.32 Å². The van der Waals surface area contributed by atoms with Crippen LogP contribution >= 0.6 is 11.6 Å². The number of nitrogens with one attached hydrogen (secondary N) is 1. The quantitative estimate of drug-likeness (QED) is 0.842. The topological polar surface area (TPSA) is 58.6 Å². The lowest BCUT2D eigenvalue weighted by Crippen LogP contribution is -2.50. The highest BCUT2D eigenvalue weighted by molar-refractivity contribution is 6.30. The molecular weight excluding hydrogens is 266 g/mol. The Balaban J connectivity index is 2.87. The summed E-state index contributed by atoms with van der Waals surface area (Å²) in [5, 5.41) is 12.6. The van der Waals surface area contributed by atoms with Gasteiger partial charge in [-0.3, -0.25) is 4.79 Å². The number of rotatable bonds is 6. The molecule has 0 bridgehead atoms. The van der Waals surface area contributed by atoms with E-state index in [0.717, 1.165) is 5.56 Å². The molecule has 1 aromatic carbocycles. The standard InChI is InChI=1S/C14H20ClNO3/c1-10-8-11(15)4-5-12(10)13(18)16-14(2,6-7-17)9-19-3/h4-5,8,17H,6-7,9H2,1-3H3,(H,16,18)/t14-/m1/s1. The summed E-state index contributed by atoms with van der Waals surface area (Å²) in [7, 11) is 1.56. The van der Waals surface area contributed by atoms with Gasteiger partial charge >= 0.3 is 0 Å². The van der Waals surface area contributed by atoms with Gasteiger partial charge in [-0.2, -0.15) is 0 Å². The molecule has 0 aromatic heterocycles. The first-order chi connectivity index (χ1) is 8.91. The van der Waals surface area contributed by atoms with Gasteiger partial charge in [0.15, 0.2) is 0 Å². The van der Waals surface area contributed by atoms with Crippen LogP contribution in [0.5, 0.6) is 0 Å². The van der Waals surface area contributed by atoms with Gasteiger partial charge in [-0.1, -0.05) is 11.6 Å². The second-order valence-corrected chi connectivity index (χ2v) is 5.32. The number of aliphatic hydroxyl groups excluding tert-OH is 1. The highest BCUT2D eigenvalue weighted by Gasteiger charge is 2.26. The molecule has 1 atom stereocenters. The van der Waals surface area contributed by atoms with Crippen molar-refractivity contribution >= 4 is 17.5 Å². The number of benzene rings is 1. The van der Waals surface area contributed by atoms with Crippen molar-refractivity contribution in [3.05, 3.63) is 34.3 Å². The molecule has 1 aromatic rings. The number of halogens is 1. The SMILES string of the molecule is COC[C@@](C)(CCO)NC(=O)c1ccc(Cl)cc1C. The molecule has 0 saturated heterocycles. The number of carbonyl (C=O) groups is 1. The fraction of sp³-hybridized carbons (Fsp3) is 0.500. The second kappa shape index (κ2) is 6.89. The summed E-state index contributed by atoms with van der Waals surface area (Å²) in [4.78, 5) is 12.3. The van der Waals surface area contributed by atoms with E-state index in [9.17, 15) is 4.79 Å². The van der Waals surface area contributed by atoms with Gasteiger partial charge in [-0.25, -0.2) is 0 Å². The maximum Gasteiger partial charge on any atom is 0.252 e. The lowest BCUT2D eigenvalue weighted by atomic mass is 9.98. The molecule has 2 N–H and O–H groups in total. The second-order valence-electron chi connectivity index (χ2n) is 4.88. The zero-order chi connectivity index (χ0) is 14.5. The van der Waals surface area contributed by atoms with Gasteiger partial charge in [0.25, 0.3) is 5.91 Å². The van der Waals surface area contributed by atoms with Crippen molar-refractivity contribution in [2.24, 2.45) is 0 Å². The van der Waals surface area contributed by atoms with Crippen LogP contribution in [0.2, 0.25) is 5.02 Å². The zero-order valence-electron chi connectivity index (χ0n) is 11.5. The molecule has 0 spiro atoms. The maximum absolute atomic E-state index is 12.3. The van der Waals surface area contributed by atoms with Crippen molar-refractivity contribution in [1.29, 1.82) is 0 Å². The summed E-state index contributed by atoms with van der Waals surface area (Å²) in [6.07, 6.45) is 0.430. The van der Waals surface area contributed by atoms with Crippen LogP contribution in [0.25, 0.3) is 0 Å². The molecule has 0 heterocycles. The molecule has 5 heteroatoms. The highest BCUT2D eigenvalue weighted by atomic mass is 35.5. The lowest BCUT2D eigenvalue weighted by molar-refractivity contribution is 0.0725. The average molecular weight is 286 g/mol. The van der Waals surface area contributed by atoms with Gasteiger partial charge in [0.05, 0.1) is 12.1 Å². The zero-order valence-corrected chi connectivity index (χ0v) is 12.3. The van der Waals surface area contributed by atoms with Crippen molar-refractivity contribution in [3.8, 4) is 0 Å². The largest absolute Gasteiger partial charge is 0.396 e. The Morgan fingerprint density at radius 1 is 1.53 bits per heavy atom. The van der Waals surface area contributed by atoms with Gasteiger partial charge in [0, 0.05) is 24.3 Å². The van der Waals surface area contributed by atoms with Crippen molar-refractivity contribution < 1.29 is 14.6 Å². The smallest absolute Gasteiger partial charge is 0.252 e. The maximum atomic E-state index is 12.3. The Hall–Kier alpha value is -1.10. The first-order valence-electron chi connectivity index (χ1n) is 6.10. The van der Waals surface area contributed by atoms with Gasteiger partial charge in [-0.15, -0.1) is 0 Å². The Labute approximate surface area is 118 Å². The monoisotopic (exact) mass is 285 g/mol. The number of aryl methyl sites for hydroxylation is 1. The van der Waals surface area contributed by atoms with Gasteiger partial charge in [-0.05, 0) is 44.0 Å². The number of ether oxygens (including phenoxy) is 1. The van der Waals surface area contributed by atoms with Crippen LogP contribution in [0, 0.1) is 6.92 Å². The summed E-state index contributed by atoms with van der Waals surface area (Å²) in [6.45, 7) is 4.00. The Bertz CT molecular complexity index is 442. The molecule has 0 saturated carbocycles. The van der Waals surface area contributed by atoms with Crippen molar-refractivity contribution in [1.82, 2.24) is 5.32 Å². The fourth-order valence-electron chi connectivity index (χ4n) is 1.96. The Kier molecular flexibility index (Phi) is 5.79. The molecule has 0 fully saturated rings. The third-order valence-electron chi connectivity index (χ3n) is 2.97. The van der Waals surface area contributed by atoms with Crippen LogP contribution in [0.15, 0.2) is 18.2 Å². The minimum absolute atomic E-state index is 0.0141. The minimum atomic E-state index is -0.591. The fourth-order valence-corrected chi connectivity index (χ4v) is 2.19. The molecule has 1 rings (SSSR count). The van der Waals surface area contributed by atoms with E-state index in [1.807, 2.05) is 13.8 Å². The molecule has 19 heavy (non-hydrogen) atoms. The summed E-state index contributed by atoms with van der Waals surface area (Å²) in [6, 6.07) is 5.12. The first kappa shape index (κ1) is 16.0.